The number of phenols is 1. The molecule has 0 saturated heterocycles. The fourth-order valence-corrected chi connectivity index (χ4v) is 2.31. The summed E-state index contributed by atoms with van der Waals surface area (Å²) >= 11 is 5.15. The van der Waals surface area contributed by atoms with Crippen molar-refractivity contribution >= 4 is 33.8 Å². The summed E-state index contributed by atoms with van der Waals surface area (Å²) in [7, 11) is 0. The van der Waals surface area contributed by atoms with Gasteiger partial charge in [0.2, 0.25) is 0 Å². The average molecular weight is 315 g/mol. The number of aromatic hydroxyl groups is 1. The van der Waals surface area contributed by atoms with E-state index in [1.165, 1.54) is 0 Å². The minimum atomic E-state index is 0.242. The fraction of sp³-hybridized carbons (Fsp3) is 0.294. The van der Waals surface area contributed by atoms with E-state index in [2.05, 4.69) is 22.8 Å². The van der Waals surface area contributed by atoms with Crippen LogP contribution in [0.3, 0.4) is 0 Å². The summed E-state index contributed by atoms with van der Waals surface area (Å²) in [6.45, 7) is 4.80. The molecule has 0 radical (unpaired) electrons. The van der Waals surface area contributed by atoms with Gasteiger partial charge in [-0.15, -0.1) is 0 Å². The predicted octanol–water partition coefficient (Wildman–Crippen LogP) is 3.53. The van der Waals surface area contributed by atoms with Crippen molar-refractivity contribution in [2.75, 3.05) is 6.54 Å². The van der Waals surface area contributed by atoms with E-state index < -0.39 is 0 Å². The molecule has 2 aromatic carbocycles. The molecule has 5 heteroatoms. The van der Waals surface area contributed by atoms with E-state index in [0.29, 0.717) is 16.4 Å². The number of hydrazone groups is 1. The van der Waals surface area contributed by atoms with E-state index in [0.717, 1.165) is 30.2 Å². The van der Waals surface area contributed by atoms with Gasteiger partial charge in [0.1, 0.15) is 5.75 Å². The van der Waals surface area contributed by atoms with Crippen molar-refractivity contribution in [2.45, 2.75) is 26.7 Å². The molecule has 2 rings (SSSR count). The molecule has 4 nitrogen and oxygen atoms in total. The fourth-order valence-electron chi connectivity index (χ4n) is 2.16. The molecule has 0 spiro atoms. The Bertz CT molecular complexity index is 697. The lowest BCUT2D eigenvalue weighted by Crippen LogP contribution is -2.33. The second-order valence-corrected chi connectivity index (χ2v) is 5.51. The molecule has 3 N–H and O–H groups in total. The first-order valence-electron chi connectivity index (χ1n) is 7.42. The highest BCUT2D eigenvalue weighted by atomic mass is 32.1. The van der Waals surface area contributed by atoms with Gasteiger partial charge in [-0.1, -0.05) is 43.7 Å². The second-order valence-electron chi connectivity index (χ2n) is 5.10. The van der Waals surface area contributed by atoms with Gasteiger partial charge in [-0.2, -0.15) is 5.10 Å². The number of fused-ring (bicyclic) bond motifs is 1. The highest BCUT2D eigenvalue weighted by molar-refractivity contribution is 7.80. The molecule has 0 aliphatic carbocycles. The van der Waals surface area contributed by atoms with Crippen LogP contribution in [0.1, 0.15) is 32.3 Å². The molecule has 0 unspecified atom stereocenters. The molecular weight excluding hydrogens is 294 g/mol. The van der Waals surface area contributed by atoms with E-state index in [-0.39, 0.29) is 5.75 Å². The van der Waals surface area contributed by atoms with E-state index in [4.69, 9.17) is 12.2 Å². The SMILES string of the molecule is CCCCNC(=S)N/N=C(\C)c1ccc2ccccc2c1O. The molecule has 22 heavy (non-hydrogen) atoms. The summed E-state index contributed by atoms with van der Waals surface area (Å²) in [5, 5.41) is 20.0. The lowest BCUT2D eigenvalue weighted by Gasteiger charge is -2.09. The predicted molar refractivity (Wildman–Crippen MR) is 96.5 cm³/mol. The van der Waals surface area contributed by atoms with Crippen LogP contribution in [0.15, 0.2) is 41.5 Å². The molecule has 0 bridgehead atoms. The lowest BCUT2D eigenvalue weighted by molar-refractivity contribution is 0.480. The summed E-state index contributed by atoms with van der Waals surface area (Å²) in [4.78, 5) is 0. The van der Waals surface area contributed by atoms with Crippen LogP contribution < -0.4 is 10.7 Å². The minimum Gasteiger partial charge on any atom is -0.507 e. The van der Waals surface area contributed by atoms with E-state index in [1.807, 2.05) is 43.3 Å². The number of phenolic OH excluding ortho intramolecular Hbond substituents is 1. The van der Waals surface area contributed by atoms with E-state index >= 15 is 0 Å². The maximum absolute atomic E-state index is 10.4. The van der Waals surface area contributed by atoms with Gasteiger partial charge in [-0.05, 0) is 37.0 Å². The number of thiocarbonyl (C=S) groups is 1. The van der Waals surface area contributed by atoms with Crippen LogP contribution in [0, 0.1) is 0 Å². The molecule has 0 heterocycles. The van der Waals surface area contributed by atoms with Crippen molar-refractivity contribution in [3.8, 4) is 5.75 Å². The number of benzene rings is 2. The van der Waals surface area contributed by atoms with Gasteiger partial charge in [-0.3, -0.25) is 5.43 Å². The van der Waals surface area contributed by atoms with Crippen molar-refractivity contribution in [3.63, 3.8) is 0 Å². The molecule has 116 valence electrons. The number of unbranched alkanes of at least 4 members (excludes halogenated alkanes) is 1. The second kappa shape index (κ2) is 7.75. The Morgan fingerprint density at radius 1 is 1.23 bits per heavy atom. The Balaban J connectivity index is 2.12. The zero-order chi connectivity index (χ0) is 15.9. The third kappa shape index (κ3) is 3.95. The van der Waals surface area contributed by atoms with Gasteiger partial charge >= 0.3 is 0 Å². The van der Waals surface area contributed by atoms with Crippen LogP contribution in [0.4, 0.5) is 0 Å². The smallest absolute Gasteiger partial charge is 0.186 e. The van der Waals surface area contributed by atoms with Gasteiger partial charge in [0.05, 0.1) is 5.71 Å². The molecule has 0 saturated carbocycles. The Morgan fingerprint density at radius 3 is 2.77 bits per heavy atom. The summed E-state index contributed by atoms with van der Waals surface area (Å²) in [5.41, 5.74) is 4.19. The van der Waals surface area contributed by atoms with Crippen molar-refractivity contribution < 1.29 is 5.11 Å². The molecule has 0 fully saturated rings. The van der Waals surface area contributed by atoms with E-state index in [9.17, 15) is 5.11 Å². The third-order valence-corrected chi connectivity index (χ3v) is 3.67. The molecule has 0 atom stereocenters. The number of nitrogens with one attached hydrogen (secondary N) is 2. The zero-order valence-corrected chi connectivity index (χ0v) is 13.7. The van der Waals surface area contributed by atoms with Crippen LogP contribution in [0.2, 0.25) is 0 Å². The van der Waals surface area contributed by atoms with Crippen molar-refractivity contribution in [1.29, 1.82) is 0 Å². The van der Waals surface area contributed by atoms with Crippen LogP contribution in [-0.4, -0.2) is 22.5 Å². The van der Waals surface area contributed by atoms with Crippen molar-refractivity contribution in [3.05, 3.63) is 42.0 Å². The van der Waals surface area contributed by atoms with Gasteiger partial charge < -0.3 is 10.4 Å². The standard InChI is InChI=1S/C17H21N3OS/c1-3-4-11-18-17(22)20-19-12(2)14-10-9-13-7-5-6-8-15(13)16(14)21/h5-10,21H,3-4,11H2,1-2H3,(H2,18,20,22)/b19-12+. The Labute approximate surface area is 136 Å². The maximum Gasteiger partial charge on any atom is 0.186 e. The monoisotopic (exact) mass is 315 g/mol. The summed E-state index contributed by atoms with van der Waals surface area (Å²) in [5.74, 6) is 0.242. The Morgan fingerprint density at radius 2 is 2.00 bits per heavy atom. The van der Waals surface area contributed by atoms with Gasteiger partial charge in [0, 0.05) is 17.5 Å². The van der Waals surface area contributed by atoms with Crippen molar-refractivity contribution in [1.82, 2.24) is 10.7 Å². The van der Waals surface area contributed by atoms with Crippen LogP contribution in [0.5, 0.6) is 5.75 Å². The highest BCUT2D eigenvalue weighted by Gasteiger charge is 2.08. The number of hydrogen-bond donors (Lipinski definition) is 3. The van der Waals surface area contributed by atoms with Gasteiger partial charge in [-0.25, -0.2) is 0 Å². The number of hydrogen-bond acceptors (Lipinski definition) is 3. The molecule has 0 aliphatic heterocycles. The first-order chi connectivity index (χ1) is 10.6. The maximum atomic E-state index is 10.4. The van der Waals surface area contributed by atoms with Crippen molar-refractivity contribution in [2.24, 2.45) is 5.10 Å². The average Bonchev–Trinajstić information content (AvgIpc) is 2.53. The first kappa shape index (κ1) is 16.2. The van der Waals surface area contributed by atoms with E-state index in [1.54, 1.807) is 0 Å². The van der Waals surface area contributed by atoms with Crippen LogP contribution >= 0.6 is 12.2 Å². The minimum absolute atomic E-state index is 0.242. The molecular formula is C17H21N3OS. The van der Waals surface area contributed by atoms with Gasteiger partial charge in [0.15, 0.2) is 5.11 Å². The third-order valence-electron chi connectivity index (χ3n) is 3.43. The lowest BCUT2D eigenvalue weighted by atomic mass is 10.0. The normalized spacial score (nSPS) is 11.5. The van der Waals surface area contributed by atoms with Crippen LogP contribution in [0.25, 0.3) is 10.8 Å². The Hall–Kier alpha value is -2.14. The molecule has 0 aromatic heterocycles. The summed E-state index contributed by atoms with van der Waals surface area (Å²) < 4.78 is 0. The largest absolute Gasteiger partial charge is 0.507 e. The summed E-state index contributed by atoms with van der Waals surface area (Å²) in [6.07, 6.45) is 2.18. The Kier molecular flexibility index (Phi) is 5.72. The molecule has 2 aromatic rings. The first-order valence-corrected chi connectivity index (χ1v) is 7.83. The number of rotatable bonds is 5. The summed E-state index contributed by atoms with van der Waals surface area (Å²) in [6, 6.07) is 11.6. The quantitative estimate of drug-likeness (QED) is 0.342. The zero-order valence-electron chi connectivity index (χ0n) is 12.9. The topological polar surface area (TPSA) is 56.7 Å². The molecule has 0 aliphatic rings. The molecule has 0 amide bonds. The number of nitrogens with zero attached hydrogens (tertiary/aromatic N) is 1. The van der Waals surface area contributed by atoms with Gasteiger partial charge in [0.25, 0.3) is 0 Å². The highest BCUT2D eigenvalue weighted by Crippen LogP contribution is 2.28. The van der Waals surface area contributed by atoms with Crippen LogP contribution in [-0.2, 0) is 0 Å².